The molecule has 2 heterocycles. The molecule has 0 atom stereocenters. The Hall–Kier alpha value is -1.43. The molecule has 0 spiro atoms. The van der Waals surface area contributed by atoms with Crippen molar-refractivity contribution in [3.63, 3.8) is 0 Å². The van der Waals surface area contributed by atoms with E-state index in [9.17, 15) is 14.4 Å². The quantitative estimate of drug-likeness (QED) is 0.392. The number of hydrogen-bond acceptors (Lipinski definition) is 4. The van der Waals surface area contributed by atoms with Gasteiger partial charge in [0.1, 0.15) is 0 Å². The number of nitrogens with zero attached hydrogens (tertiary/aromatic N) is 2. The minimum absolute atomic E-state index is 0.135. The van der Waals surface area contributed by atoms with Crippen molar-refractivity contribution in [1.82, 2.24) is 15.1 Å². The van der Waals surface area contributed by atoms with Gasteiger partial charge in [-0.25, -0.2) is 9.69 Å². The molecule has 13 heavy (non-hydrogen) atoms. The molecule has 0 radical (unpaired) electrons. The predicted molar refractivity (Wildman–Crippen MR) is 41.7 cm³/mol. The molecule has 2 rings (SSSR count). The smallest absolute Gasteiger partial charge is 0.302 e. The van der Waals surface area contributed by atoms with Crippen LogP contribution in [0.4, 0.5) is 4.79 Å². The van der Waals surface area contributed by atoms with Gasteiger partial charge in [0.2, 0.25) is 0 Å². The molecule has 0 unspecified atom stereocenters. The first-order chi connectivity index (χ1) is 6.09. The van der Waals surface area contributed by atoms with E-state index in [0.29, 0.717) is 13.1 Å². The van der Waals surface area contributed by atoms with E-state index in [0.717, 1.165) is 4.90 Å². The van der Waals surface area contributed by atoms with Crippen molar-refractivity contribution in [3.8, 4) is 0 Å². The Balaban J connectivity index is 2.11. The maximum absolute atomic E-state index is 11.1. The fourth-order valence-corrected chi connectivity index (χ4v) is 1.57. The summed E-state index contributed by atoms with van der Waals surface area (Å²) in [6.45, 7) is 1.29. The normalized spacial score (nSPS) is 25.0. The fraction of sp³-hybridized carbons (Fsp3) is 0.571. The third-order valence-corrected chi connectivity index (χ3v) is 2.26. The third kappa shape index (κ3) is 1.10. The van der Waals surface area contributed by atoms with Crippen LogP contribution < -0.4 is 5.32 Å². The number of urea groups is 1. The SMILES string of the molecule is CN1CC(N2C(=O)NC(=O)C2=O)C1. The lowest BCUT2D eigenvalue weighted by Crippen LogP contribution is -2.59. The molecule has 0 bridgehead atoms. The molecular weight excluding hydrogens is 174 g/mol. The lowest BCUT2D eigenvalue weighted by Gasteiger charge is -2.39. The highest BCUT2D eigenvalue weighted by Crippen LogP contribution is 2.15. The molecule has 0 aromatic carbocycles. The molecular formula is C7H9N3O3. The molecule has 6 nitrogen and oxygen atoms in total. The predicted octanol–water partition coefficient (Wildman–Crippen LogP) is -1.62. The van der Waals surface area contributed by atoms with Gasteiger partial charge in [-0.3, -0.25) is 14.9 Å². The highest BCUT2D eigenvalue weighted by molar-refractivity contribution is 6.44. The van der Waals surface area contributed by atoms with Crippen LogP contribution in [0.2, 0.25) is 0 Å². The second kappa shape index (κ2) is 2.53. The second-order valence-electron chi connectivity index (χ2n) is 3.31. The van der Waals surface area contributed by atoms with Crippen molar-refractivity contribution < 1.29 is 14.4 Å². The molecule has 0 aromatic rings. The summed E-state index contributed by atoms with van der Waals surface area (Å²) in [5, 5.41) is 1.96. The van der Waals surface area contributed by atoms with Crippen LogP contribution in [0.3, 0.4) is 0 Å². The van der Waals surface area contributed by atoms with Crippen molar-refractivity contribution >= 4 is 17.8 Å². The van der Waals surface area contributed by atoms with Crippen LogP contribution in [0.25, 0.3) is 0 Å². The van der Waals surface area contributed by atoms with Gasteiger partial charge < -0.3 is 4.90 Å². The van der Waals surface area contributed by atoms with Crippen molar-refractivity contribution in [3.05, 3.63) is 0 Å². The first-order valence-corrected chi connectivity index (χ1v) is 3.96. The van der Waals surface area contributed by atoms with E-state index >= 15 is 0 Å². The van der Waals surface area contributed by atoms with Crippen molar-refractivity contribution in [2.24, 2.45) is 0 Å². The Morgan fingerprint density at radius 1 is 1.31 bits per heavy atom. The molecule has 0 saturated carbocycles. The zero-order valence-electron chi connectivity index (χ0n) is 7.11. The van der Waals surface area contributed by atoms with Crippen LogP contribution in [0, 0.1) is 0 Å². The summed E-state index contributed by atoms with van der Waals surface area (Å²) in [6.07, 6.45) is 0. The monoisotopic (exact) mass is 183 g/mol. The van der Waals surface area contributed by atoms with Crippen molar-refractivity contribution in [2.75, 3.05) is 20.1 Å². The number of likely N-dealkylation sites (N-methyl/N-ethyl adjacent to an activating group) is 1. The number of imide groups is 2. The summed E-state index contributed by atoms with van der Waals surface area (Å²) >= 11 is 0. The first-order valence-electron chi connectivity index (χ1n) is 3.96. The van der Waals surface area contributed by atoms with E-state index in [1.165, 1.54) is 0 Å². The molecule has 1 N–H and O–H groups in total. The largest absolute Gasteiger partial charge is 0.331 e. The summed E-state index contributed by atoms with van der Waals surface area (Å²) in [5.74, 6) is -1.55. The summed E-state index contributed by atoms with van der Waals surface area (Å²) in [7, 11) is 1.89. The summed E-state index contributed by atoms with van der Waals surface area (Å²) in [4.78, 5) is 36.0. The number of carbonyl (C=O) groups is 3. The van der Waals surface area contributed by atoms with Crippen LogP contribution in [0.15, 0.2) is 0 Å². The number of hydrogen-bond donors (Lipinski definition) is 1. The summed E-state index contributed by atoms with van der Waals surface area (Å²) in [6, 6.07) is -0.725. The van der Waals surface area contributed by atoms with Gasteiger partial charge in [-0.2, -0.15) is 0 Å². The number of carbonyl (C=O) groups excluding carboxylic acids is 3. The Bertz CT molecular complexity index is 295. The maximum atomic E-state index is 11.1. The number of likely N-dealkylation sites (tertiary alicyclic amines) is 1. The minimum Gasteiger partial charge on any atom is -0.302 e. The van der Waals surface area contributed by atoms with Crippen LogP contribution in [-0.4, -0.2) is 53.8 Å². The van der Waals surface area contributed by atoms with Gasteiger partial charge in [0.25, 0.3) is 0 Å². The number of amides is 4. The summed E-state index contributed by atoms with van der Waals surface area (Å²) in [5.41, 5.74) is 0. The molecule has 2 aliphatic rings. The van der Waals surface area contributed by atoms with Gasteiger partial charge in [-0.05, 0) is 7.05 Å². The third-order valence-electron chi connectivity index (χ3n) is 2.26. The van der Waals surface area contributed by atoms with Gasteiger partial charge >= 0.3 is 17.8 Å². The van der Waals surface area contributed by atoms with Crippen molar-refractivity contribution in [1.29, 1.82) is 0 Å². The first kappa shape index (κ1) is 8.18. The van der Waals surface area contributed by atoms with Crippen LogP contribution in [0.1, 0.15) is 0 Å². The topological polar surface area (TPSA) is 69.7 Å². The van der Waals surface area contributed by atoms with E-state index in [2.05, 4.69) is 0 Å². The molecule has 70 valence electrons. The fourth-order valence-electron chi connectivity index (χ4n) is 1.57. The van der Waals surface area contributed by atoms with E-state index in [1.54, 1.807) is 0 Å². The van der Waals surface area contributed by atoms with Crippen LogP contribution in [-0.2, 0) is 9.59 Å². The molecule has 2 fully saturated rings. The maximum Gasteiger partial charge on any atom is 0.331 e. The second-order valence-corrected chi connectivity index (χ2v) is 3.31. The zero-order chi connectivity index (χ0) is 9.59. The van der Waals surface area contributed by atoms with Crippen molar-refractivity contribution in [2.45, 2.75) is 6.04 Å². The van der Waals surface area contributed by atoms with E-state index in [4.69, 9.17) is 0 Å². The summed E-state index contributed by atoms with van der Waals surface area (Å²) < 4.78 is 0. The van der Waals surface area contributed by atoms with E-state index in [-0.39, 0.29) is 6.04 Å². The molecule has 6 heteroatoms. The minimum atomic E-state index is -0.820. The average molecular weight is 183 g/mol. The Morgan fingerprint density at radius 2 is 1.92 bits per heavy atom. The van der Waals surface area contributed by atoms with Crippen LogP contribution in [0.5, 0.6) is 0 Å². The number of nitrogens with one attached hydrogen (secondary N) is 1. The molecule has 0 aromatic heterocycles. The van der Waals surface area contributed by atoms with Gasteiger partial charge in [0, 0.05) is 13.1 Å². The highest BCUT2D eigenvalue weighted by atomic mass is 16.2. The molecule has 2 aliphatic heterocycles. The Labute approximate surface area is 74.5 Å². The Kier molecular flexibility index (Phi) is 1.59. The van der Waals surface area contributed by atoms with Gasteiger partial charge in [-0.1, -0.05) is 0 Å². The lowest BCUT2D eigenvalue weighted by molar-refractivity contribution is -0.142. The lowest BCUT2D eigenvalue weighted by atomic mass is 10.1. The standard InChI is InChI=1S/C7H9N3O3/c1-9-2-4(3-9)10-6(12)5(11)8-7(10)13/h4H,2-3H2,1H3,(H,8,11,13). The van der Waals surface area contributed by atoms with Gasteiger partial charge in [0.15, 0.2) is 0 Å². The molecule has 4 amide bonds. The van der Waals surface area contributed by atoms with E-state index in [1.807, 2.05) is 17.3 Å². The van der Waals surface area contributed by atoms with Crippen LogP contribution >= 0.6 is 0 Å². The number of rotatable bonds is 1. The highest BCUT2D eigenvalue weighted by Gasteiger charge is 2.44. The van der Waals surface area contributed by atoms with E-state index < -0.39 is 17.8 Å². The van der Waals surface area contributed by atoms with Gasteiger partial charge in [0.05, 0.1) is 6.04 Å². The molecule has 0 aliphatic carbocycles. The molecule has 2 saturated heterocycles. The Morgan fingerprint density at radius 3 is 2.31 bits per heavy atom. The van der Waals surface area contributed by atoms with Gasteiger partial charge in [-0.15, -0.1) is 0 Å². The average Bonchev–Trinajstić information content (AvgIpc) is 2.22. The zero-order valence-corrected chi connectivity index (χ0v) is 7.11.